The SMILES string of the molecule is O=C(CN1C(=O)[C@H]2[C@@H]3C=C[C@@H]([C@H]4C[C@H]34)[C@@H]2C1=O)NCCc1c[nH]c2ccccc12. The summed E-state index contributed by atoms with van der Waals surface area (Å²) in [6.45, 7) is 0.314. The van der Waals surface area contributed by atoms with Gasteiger partial charge < -0.3 is 10.3 Å². The van der Waals surface area contributed by atoms with Crippen LogP contribution in [0.3, 0.4) is 0 Å². The average Bonchev–Trinajstić information content (AvgIpc) is 3.42. The molecule has 2 heterocycles. The number of carbonyl (C=O) groups is 3. The molecule has 29 heavy (non-hydrogen) atoms. The van der Waals surface area contributed by atoms with E-state index in [2.05, 4.69) is 28.5 Å². The molecule has 7 rings (SSSR count). The van der Waals surface area contributed by atoms with Gasteiger partial charge in [0.15, 0.2) is 0 Å². The number of nitrogens with one attached hydrogen (secondary N) is 2. The monoisotopic (exact) mass is 389 g/mol. The summed E-state index contributed by atoms with van der Waals surface area (Å²) in [4.78, 5) is 42.8. The molecule has 6 atom stereocenters. The molecule has 0 unspecified atom stereocenters. The fourth-order valence-corrected chi connectivity index (χ4v) is 6.05. The molecule has 2 N–H and O–H groups in total. The first kappa shape index (κ1) is 17.0. The molecular weight excluding hydrogens is 366 g/mol. The van der Waals surface area contributed by atoms with Crippen LogP contribution in [0.5, 0.6) is 0 Å². The van der Waals surface area contributed by atoms with Crippen molar-refractivity contribution in [2.45, 2.75) is 12.8 Å². The van der Waals surface area contributed by atoms with Gasteiger partial charge in [-0.1, -0.05) is 30.4 Å². The second-order valence-electron chi connectivity index (χ2n) is 8.88. The third kappa shape index (κ3) is 2.44. The van der Waals surface area contributed by atoms with E-state index < -0.39 is 0 Å². The van der Waals surface area contributed by atoms with Gasteiger partial charge in [-0.3, -0.25) is 19.3 Å². The number of rotatable bonds is 5. The largest absolute Gasteiger partial charge is 0.361 e. The predicted molar refractivity (Wildman–Crippen MR) is 106 cm³/mol. The zero-order valence-electron chi connectivity index (χ0n) is 16.0. The van der Waals surface area contributed by atoms with Crippen LogP contribution in [0.15, 0.2) is 42.6 Å². The Morgan fingerprint density at radius 1 is 1.07 bits per heavy atom. The summed E-state index contributed by atoms with van der Waals surface area (Å²) in [6, 6.07) is 8.05. The van der Waals surface area contributed by atoms with Gasteiger partial charge in [-0.05, 0) is 48.1 Å². The van der Waals surface area contributed by atoms with Crippen LogP contribution < -0.4 is 5.32 Å². The van der Waals surface area contributed by atoms with E-state index in [9.17, 15) is 14.4 Å². The fourth-order valence-electron chi connectivity index (χ4n) is 6.05. The standard InChI is InChI=1S/C23H23N3O3/c27-19(24-8-7-12-10-25-18-4-2-1-3-13(12)18)11-26-22(28)20-14-5-6-15(17-9-16(14)17)21(20)23(26)29/h1-6,10,14-17,20-21,25H,7-9,11H2,(H,24,27)/t14-,15+,16-,17-,20+,21+/m1/s1. The van der Waals surface area contributed by atoms with Crippen molar-refractivity contribution in [3.05, 3.63) is 48.2 Å². The first-order chi connectivity index (χ1) is 14.1. The van der Waals surface area contributed by atoms with Crippen molar-refractivity contribution in [3.8, 4) is 0 Å². The van der Waals surface area contributed by atoms with Crippen LogP contribution >= 0.6 is 0 Å². The molecule has 1 aromatic carbocycles. The summed E-state index contributed by atoms with van der Waals surface area (Å²) < 4.78 is 0. The van der Waals surface area contributed by atoms with Crippen molar-refractivity contribution in [1.82, 2.24) is 15.2 Å². The number of likely N-dealkylation sites (tertiary alicyclic amines) is 1. The van der Waals surface area contributed by atoms with Crippen LogP contribution in [-0.2, 0) is 20.8 Å². The number of aromatic amines is 1. The lowest BCUT2D eigenvalue weighted by molar-refractivity contribution is -0.143. The molecule has 148 valence electrons. The maximum absolute atomic E-state index is 12.9. The Labute approximate surface area is 168 Å². The van der Waals surface area contributed by atoms with Crippen molar-refractivity contribution in [2.75, 3.05) is 13.1 Å². The van der Waals surface area contributed by atoms with Gasteiger partial charge in [-0.15, -0.1) is 0 Å². The molecule has 6 nitrogen and oxygen atoms in total. The van der Waals surface area contributed by atoms with Crippen molar-refractivity contribution in [3.63, 3.8) is 0 Å². The molecule has 0 radical (unpaired) electrons. The van der Waals surface area contributed by atoms with Crippen LogP contribution in [0.25, 0.3) is 10.9 Å². The lowest BCUT2D eigenvalue weighted by atomic mass is 9.63. The second kappa shape index (κ2) is 6.05. The van der Waals surface area contributed by atoms with Crippen molar-refractivity contribution >= 4 is 28.6 Å². The van der Waals surface area contributed by atoms with Gasteiger partial charge in [0.2, 0.25) is 17.7 Å². The number of H-pyrrole nitrogens is 1. The molecule has 1 aromatic heterocycles. The third-order valence-electron chi connectivity index (χ3n) is 7.45. The summed E-state index contributed by atoms with van der Waals surface area (Å²) >= 11 is 0. The van der Waals surface area contributed by atoms with E-state index in [0.29, 0.717) is 24.8 Å². The Morgan fingerprint density at radius 2 is 1.76 bits per heavy atom. The normalized spacial score (nSPS) is 33.9. The number of carbonyl (C=O) groups excluding carboxylic acids is 3. The number of hydrogen-bond donors (Lipinski definition) is 2. The van der Waals surface area contributed by atoms with Crippen molar-refractivity contribution in [2.24, 2.45) is 35.5 Å². The van der Waals surface area contributed by atoms with E-state index in [-0.39, 0.29) is 47.9 Å². The zero-order valence-corrected chi connectivity index (χ0v) is 16.0. The molecule has 6 heteroatoms. The molecule has 3 amide bonds. The molecule has 2 bridgehead atoms. The molecule has 4 aliphatic carbocycles. The lowest BCUT2D eigenvalue weighted by Gasteiger charge is -2.37. The third-order valence-corrected chi connectivity index (χ3v) is 7.45. The van der Waals surface area contributed by atoms with E-state index in [1.165, 1.54) is 4.90 Å². The molecule has 2 aromatic rings. The maximum atomic E-state index is 12.9. The van der Waals surface area contributed by atoms with Crippen molar-refractivity contribution < 1.29 is 14.4 Å². The van der Waals surface area contributed by atoms with Crippen LogP contribution in [0.4, 0.5) is 0 Å². The Kier molecular flexibility index (Phi) is 3.55. The highest BCUT2D eigenvalue weighted by molar-refractivity contribution is 6.08. The summed E-state index contributed by atoms with van der Waals surface area (Å²) in [5.74, 6) is 0.521. The summed E-state index contributed by atoms with van der Waals surface area (Å²) in [6.07, 6.45) is 8.10. The molecule has 5 aliphatic rings. The van der Waals surface area contributed by atoms with Crippen LogP contribution in [-0.4, -0.2) is 40.7 Å². The highest BCUT2D eigenvalue weighted by Gasteiger charge is 2.67. The van der Waals surface area contributed by atoms with E-state index in [1.54, 1.807) is 0 Å². The smallest absolute Gasteiger partial charge is 0.240 e. The van der Waals surface area contributed by atoms with Gasteiger partial charge in [0.1, 0.15) is 6.54 Å². The maximum Gasteiger partial charge on any atom is 0.240 e. The van der Waals surface area contributed by atoms with E-state index in [4.69, 9.17) is 0 Å². The van der Waals surface area contributed by atoms with Gasteiger partial charge in [0, 0.05) is 23.6 Å². The van der Waals surface area contributed by atoms with Crippen LogP contribution in [0.1, 0.15) is 12.0 Å². The Balaban J connectivity index is 1.09. The molecular formula is C23H23N3O3. The summed E-state index contributed by atoms with van der Waals surface area (Å²) in [7, 11) is 0. The minimum absolute atomic E-state index is 0.142. The number of imide groups is 1. The van der Waals surface area contributed by atoms with E-state index >= 15 is 0 Å². The number of fused-ring (bicyclic) bond motifs is 1. The number of aromatic nitrogens is 1. The van der Waals surface area contributed by atoms with Gasteiger partial charge in [0.25, 0.3) is 0 Å². The van der Waals surface area contributed by atoms with Crippen molar-refractivity contribution in [1.29, 1.82) is 0 Å². The highest BCUT2D eigenvalue weighted by Crippen LogP contribution is 2.65. The fraction of sp³-hybridized carbons (Fsp3) is 0.435. The second-order valence-corrected chi connectivity index (χ2v) is 8.88. The topological polar surface area (TPSA) is 82.3 Å². The first-order valence-corrected chi connectivity index (χ1v) is 10.5. The molecule has 2 saturated carbocycles. The van der Waals surface area contributed by atoms with Gasteiger partial charge in [0.05, 0.1) is 11.8 Å². The average molecular weight is 389 g/mol. The Hall–Kier alpha value is -2.89. The zero-order chi connectivity index (χ0) is 19.7. The highest BCUT2D eigenvalue weighted by atomic mass is 16.2. The summed E-state index contributed by atoms with van der Waals surface area (Å²) in [5, 5.41) is 4.03. The molecule has 3 fully saturated rings. The predicted octanol–water partition coefficient (Wildman–Crippen LogP) is 1.88. The van der Waals surface area contributed by atoms with Gasteiger partial charge in [-0.25, -0.2) is 0 Å². The Bertz CT molecular complexity index is 1030. The first-order valence-electron chi connectivity index (χ1n) is 10.5. The number of allylic oxidation sites excluding steroid dienone is 2. The van der Waals surface area contributed by atoms with Crippen LogP contribution in [0.2, 0.25) is 0 Å². The van der Waals surface area contributed by atoms with E-state index in [0.717, 1.165) is 22.9 Å². The van der Waals surface area contributed by atoms with E-state index in [1.807, 2.05) is 24.4 Å². The number of hydrogen-bond acceptors (Lipinski definition) is 3. The number of para-hydroxylation sites is 1. The Morgan fingerprint density at radius 3 is 2.48 bits per heavy atom. The van der Waals surface area contributed by atoms with Crippen LogP contribution in [0, 0.1) is 35.5 Å². The van der Waals surface area contributed by atoms with Gasteiger partial charge in [-0.2, -0.15) is 0 Å². The lowest BCUT2D eigenvalue weighted by Crippen LogP contribution is -2.41. The molecule has 1 aliphatic heterocycles. The number of benzene rings is 1. The van der Waals surface area contributed by atoms with Gasteiger partial charge >= 0.3 is 0 Å². The minimum Gasteiger partial charge on any atom is -0.361 e. The number of amides is 3. The molecule has 0 spiro atoms. The number of nitrogens with zero attached hydrogens (tertiary/aromatic N) is 1. The molecule has 1 saturated heterocycles. The quantitative estimate of drug-likeness (QED) is 0.605. The summed E-state index contributed by atoms with van der Waals surface area (Å²) in [5.41, 5.74) is 2.22. The minimum atomic E-state index is -0.268.